The minimum atomic E-state index is -0.206. The van der Waals surface area contributed by atoms with Crippen molar-refractivity contribution in [2.75, 3.05) is 4.90 Å². The zero-order valence-electron chi connectivity index (χ0n) is 15.5. The molecule has 0 radical (unpaired) electrons. The van der Waals surface area contributed by atoms with Gasteiger partial charge in [0.05, 0.1) is 16.4 Å². The molecule has 0 N–H and O–H groups in total. The summed E-state index contributed by atoms with van der Waals surface area (Å²) in [6.45, 7) is 1.48. The Bertz CT molecular complexity index is 1160. The summed E-state index contributed by atoms with van der Waals surface area (Å²) >= 11 is 12.4. The van der Waals surface area contributed by atoms with Crippen LogP contribution in [0.2, 0.25) is 10.0 Å². The molecular formula is C22H16Cl2N4O. The first-order chi connectivity index (χ1) is 14.1. The first-order valence-corrected chi connectivity index (χ1v) is 9.64. The molecule has 0 aliphatic carbocycles. The third-order valence-electron chi connectivity index (χ3n) is 4.37. The van der Waals surface area contributed by atoms with Gasteiger partial charge in [0.1, 0.15) is 0 Å². The molecule has 0 aliphatic rings. The molecule has 4 rings (SSSR count). The van der Waals surface area contributed by atoms with Crippen LogP contribution in [0.25, 0.3) is 17.1 Å². The van der Waals surface area contributed by atoms with Crippen molar-refractivity contribution in [1.29, 1.82) is 0 Å². The number of amides is 1. The van der Waals surface area contributed by atoms with Gasteiger partial charge in [0.2, 0.25) is 11.9 Å². The second-order valence-corrected chi connectivity index (χ2v) is 7.15. The second kappa shape index (κ2) is 8.07. The van der Waals surface area contributed by atoms with E-state index in [1.165, 1.54) is 11.8 Å². The third kappa shape index (κ3) is 3.75. The van der Waals surface area contributed by atoms with Gasteiger partial charge in [-0.1, -0.05) is 53.5 Å². The molecule has 1 aromatic heterocycles. The van der Waals surface area contributed by atoms with E-state index in [1.54, 1.807) is 30.3 Å². The highest BCUT2D eigenvalue weighted by Gasteiger charge is 2.25. The second-order valence-electron chi connectivity index (χ2n) is 6.31. The lowest BCUT2D eigenvalue weighted by Crippen LogP contribution is -2.26. The van der Waals surface area contributed by atoms with Gasteiger partial charge in [0.25, 0.3) is 0 Å². The van der Waals surface area contributed by atoms with Crippen LogP contribution < -0.4 is 4.90 Å². The Morgan fingerprint density at radius 2 is 1.52 bits per heavy atom. The monoisotopic (exact) mass is 422 g/mol. The number of rotatable bonds is 4. The van der Waals surface area contributed by atoms with Crippen molar-refractivity contribution < 1.29 is 4.79 Å². The molecule has 1 heterocycles. The van der Waals surface area contributed by atoms with Crippen molar-refractivity contribution in [2.45, 2.75) is 6.92 Å². The van der Waals surface area contributed by atoms with Gasteiger partial charge in [-0.3, -0.25) is 9.36 Å². The van der Waals surface area contributed by atoms with Crippen LogP contribution in [0.5, 0.6) is 0 Å². The Balaban J connectivity index is 1.97. The standard InChI is InChI=1S/C22H16Cl2N4O/c1-15(29)27(18-13-11-16(23)12-14-18)22-26-25-21(19-9-5-6-10-20(19)24)28(22)17-7-3-2-4-8-17/h2-14H,1H3. The summed E-state index contributed by atoms with van der Waals surface area (Å²) < 4.78 is 1.82. The molecule has 0 fully saturated rings. The van der Waals surface area contributed by atoms with E-state index < -0.39 is 0 Å². The highest BCUT2D eigenvalue weighted by molar-refractivity contribution is 6.33. The van der Waals surface area contributed by atoms with Crippen LogP contribution in [0.4, 0.5) is 11.6 Å². The van der Waals surface area contributed by atoms with Crippen LogP contribution in [0.15, 0.2) is 78.9 Å². The minimum absolute atomic E-state index is 0.206. The molecule has 1 amide bonds. The highest BCUT2D eigenvalue weighted by Crippen LogP contribution is 2.34. The zero-order valence-corrected chi connectivity index (χ0v) is 17.0. The van der Waals surface area contributed by atoms with E-state index in [2.05, 4.69) is 10.2 Å². The summed E-state index contributed by atoms with van der Waals surface area (Å²) in [7, 11) is 0. The Hall–Kier alpha value is -3.15. The van der Waals surface area contributed by atoms with Gasteiger partial charge in [0.15, 0.2) is 5.82 Å². The molecule has 0 unspecified atom stereocenters. The summed E-state index contributed by atoms with van der Waals surface area (Å²) in [6.07, 6.45) is 0. The van der Waals surface area contributed by atoms with Crippen molar-refractivity contribution in [3.05, 3.63) is 88.9 Å². The maximum Gasteiger partial charge on any atom is 0.243 e. The van der Waals surface area contributed by atoms with E-state index >= 15 is 0 Å². The number of hydrogen-bond acceptors (Lipinski definition) is 3. The fourth-order valence-electron chi connectivity index (χ4n) is 3.08. The topological polar surface area (TPSA) is 51.0 Å². The fourth-order valence-corrected chi connectivity index (χ4v) is 3.43. The molecule has 144 valence electrons. The summed E-state index contributed by atoms with van der Waals surface area (Å²) in [5, 5.41) is 9.86. The molecule has 4 aromatic rings. The number of hydrogen-bond donors (Lipinski definition) is 0. The van der Waals surface area contributed by atoms with E-state index in [1.807, 2.05) is 53.1 Å². The lowest BCUT2D eigenvalue weighted by atomic mass is 10.2. The fraction of sp³-hybridized carbons (Fsp3) is 0.0455. The number of nitrogens with zero attached hydrogens (tertiary/aromatic N) is 4. The number of carbonyl (C=O) groups excluding carboxylic acids is 1. The van der Waals surface area contributed by atoms with Crippen LogP contribution in [-0.2, 0) is 4.79 Å². The van der Waals surface area contributed by atoms with Crippen LogP contribution in [0, 0.1) is 0 Å². The quantitative estimate of drug-likeness (QED) is 0.409. The summed E-state index contributed by atoms with van der Waals surface area (Å²) in [5.41, 5.74) is 2.16. The van der Waals surface area contributed by atoms with Gasteiger partial charge in [-0.25, -0.2) is 4.90 Å². The number of benzene rings is 3. The number of halogens is 2. The average Bonchev–Trinajstić information content (AvgIpc) is 3.14. The van der Waals surface area contributed by atoms with Crippen molar-refractivity contribution in [3.8, 4) is 17.1 Å². The molecule has 3 aromatic carbocycles. The van der Waals surface area contributed by atoms with Gasteiger partial charge in [-0.15, -0.1) is 10.2 Å². The number of anilines is 2. The summed E-state index contributed by atoms with van der Waals surface area (Å²) in [6, 6.07) is 24.0. The SMILES string of the molecule is CC(=O)N(c1ccc(Cl)cc1)c1nnc(-c2ccccc2Cl)n1-c1ccccc1. The van der Waals surface area contributed by atoms with E-state index in [0.717, 1.165) is 11.3 Å². The minimum Gasteiger partial charge on any atom is -0.274 e. The molecule has 0 bridgehead atoms. The van der Waals surface area contributed by atoms with Crippen molar-refractivity contribution in [2.24, 2.45) is 0 Å². The Kier molecular flexibility index (Phi) is 5.34. The van der Waals surface area contributed by atoms with Gasteiger partial charge in [-0.2, -0.15) is 0 Å². The Morgan fingerprint density at radius 3 is 2.17 bits per heavy atom. The maximum absolute atomic E-state index is 12.6. The third-order valence-corrected chi connectivity index (χ3v) is 4.96. The molecule has 0 atom stereocenters. The molecule has 5 nitrogen and oxygen atoms in total. The number of para-hydroxylation sites is 1. The molecule has 0 spiro atoms. The molecular weight excluding hydrogens is 407 g/mol. The average molecular weight is 423 g/mol. The van der Waals surface area contributed by atoms with E-state index in [-0.39, 0.29) is 5.91 Å². The lowest BCUT2D eigenvalue weighted by molar-refractivity contribution is -0.115. The summed E-state index contributed by atoms with van der Waals surface area (Å²) in [5.74, 6) is 0.695. The normalized spacial score (nSPS) is 10.7. The van der Waals surface area contributed by atoms with Crippen molar-refractivity contribution in [1.82, 2.24) is 14.8 Å². The predicted octanol–water partition coefficient (Wildman–Crippen LogP) is 5.93. The van der Waals surface area contributed by atoms with Gasteiger partial charge < -0.3 is 0 Å². The van der Waals surface area contributed by atoms with E-state index in [4.69, 9.17) is 23.2 Å². The molecule has 29 heavy (non-hydrogen) atoms. The van der Waals surface area contributed by atoms with Crippen LogP contribution in [0.3, 0.4) is 0 Å². The molecule has 7 heteroatoms. The van der Waals surface area contributed by atoms with Crippen LogP contribution in [-0.4, -0.2) is 20.7 Å². The Morgan fingerprint density at radius 1 is 0.862 bits per heavy atom. The largest absolute Gasteiger partial charge is 0.274 e. The summed E-state index contributed by atoms with van der Waals surface area (Å²) in [4.78, 5) is 14.1. The van der Waals surface area contributed by atoms with E-state index in [0.29, 0.717) is 27.5 Å². The van der Waals surface area contributed by atoms with Gasteiger partial charge >= 0.3 is 0 Å². The van der Waals surface area contributed by atoms with Gasteiger partial charge in [0, 0.05) is 17.5 Å². The smallest absolute Gasteiger partial charge is 0.243 e. The first kappa shape index (κ1) is 19.2. The first-order valence-electron chi connectivity index (χ1n) is 8.88. The number of carbonyl (C=O) groups is 1. The molecule has 0 saturated carbocycles. The maximum atomic E-state index is 12.6. The van der Waals surface area contributed by atoms with Gasteiger partial charge in [-0.05, 0) is 48.5 Å². The van der Waals surface area contributed by atoms with Crippen molar-refractivity contribution >= 4 is 40.7 Å². The predicted molar refractivity (Wildman–Crippen MR) is 116 cm³/mol. The molecule has 0 saturated heterocycles. The number of aromatic nitrogens is 3. The van der Waals surface area contributed by atoms with Crippen molar-refractivity contribution in [3.63, 3.8) is 0 Å². The zero-order chi connectivity index (χ0) is 20.4. The van der Waals surface area contributed by atoms with Crippen LogP contribution in [0.1, 0.15) is 6.92 Å². The molecule has 0 aliphatic heterocycles. The van der Waals surface area contributed by atoms with E-state index in [9.17, 15) is 4.79 Å². The van der Waals surface area contributed by atoms with Crippen LogP contribution >= 0.6 is 23.2 Å². The Labute approximate surface area is 178 Å². The highest BCUT2D eigenvalue weighted by atomic mass is 35.5. The lowest BCUT2D eigenvalue weighted by Gasteiger charge is -2.21.